The molecule has 2 amide bonds. The van der Waals surface area contributed by atoms with Crippen LogP contribution in [0, 0.1) is 5.92 Å². The molecule has 0 saturated carbocycles. The molecule has 0 radical (unpaired) electrons. The molecule has 0 fully saturated rings. The zero-order valence-corrected chi connectivity index (χ0v) is 13.5. The summed E-state index contributed by atoms with van der Waals surface area (Å²) in [6.07, 6.45) is 1.85. The van der Waals surface area contributed by atoms with Gasteiger partial charge in [0.2, 0.25) is 5.91 Å². The maximum atomic E-state index is 12.3. The second-order valence-electron chi connectivity index (χ2n) is 5.24. The number of hydrogen-bond donors (Lipinski definition) is 1. The van der Waals surface area contributed by atoms with Crippen molar-refractivity contribution in [3.05, 3.63) is 29.8 Å². The van der Waals surface area contributed by atoms with Gasteiger partial charge in [0.05, 0.1) is 0 Å². The minimum absolute atomic E-state index is 0.00212. The molecule has 0 aliphatic carbocycles. The van der Waals surface area contributed by atoms with E-state index >= 15 is 0 Å². The summed E-state index contributed by atoms with van der Waals surface area (Å²) >= 11 is 0. The molecule has 0 bridgehead atoms. The van der Waals surface area contributed by atoms with Gasteiger partial charge < -0.3 is 10.2 Å². The Kier molecular flexibility index (Phi) is 6.92. The quantitative estimate of drug-likeness (QED) is 0.835. The Morgan fingerprint density at radius 1 is 1.19 bits per heavy atom. The van der Waals surface area contributed by atoms with Crippen molar-refractivity contribution >= 4 is 17.5 Å². The third kappa shape index (κ3) is 4.88. The molecule has 1 aromatic carbocycles. The number of hydrogen-bond acceptors (Lipinski definition) is 2. The number of amides is 2. The smallest absolute Gasteiger partial charge is 0.253 e. The van der Waals surface area contributed by atoms with Crippen LogP contribution in [0.15, 0.2) is 24.3 Å². The van der Waals surface area contributed by atoms with Gasteiger partial charge in [-0.25, -0.2) is 0 Å². The van der Waals surface area contributed by atoms with Crippen molar-refractivity contribution < 1.29 is 9.59 Å². The van der Waals surface area contributed by atoms with Crippen molar-refractivity contribution in [2.24, 2.45) is 5.92 Å². The van der Waals surface area contributed by atoms with Gasteiger partial charge in [0.15, 0.2) is 0 Å². The number of nitrogens with zero attached hydrogens (tertiary/aromatic N) is 1. The highest BCUT2D eigenvalue weighted by atomic mass is 16.2. The van der Waals surface area contributed by atoms with Gasteiger partial charge in [-0.05, 0) is 38.5 Å². The molecule has 4 heteroatoms. The second kappa shape index (κ2) is 8.45. The molecule has 4 nitrogen and oxygen atoms in total. The van der Waals surface area contributed by atoms with Crippen molar-refractivity contribution in [2.45, 2.75) is 40.5 Å². The molecule has 1 unspecified atom stereocenters. The predicted octanol–water partition coefficient (Wildman–Crippen LogP) is 3.54. The summed E-state index contributed by atoms with van der Waals surface area (Å²) in [6.45, 7) is 9.26. The molecule has 0 heterocycles. The molecular formula is C17H26N2O2. The van der Waals surface area contributed by atoms with Gasteiger partial charge in [-0.3, -0.25) is 9.59 Å². The molecule has 1 rings (SSSR count). The Hall–Kier alpha value is -1.84. The van der Waals surface area contributed by atoms with Gasteiger partial charge in [-0.2, -0.15) is 0 Å². The van der Waals surface area contributed by atoms with E-state index in [9.17, 15) is 9.59 Å². The third-order valence-corrected chi connectivity index (χ3v) is 3.60. The van der Waals surface area contributed by atoms with Crippen molar-refractivity contribution in [3.8, 4) is 0 Å². The van der Waals surface area contributed by atoms with Gasteiger partial charge in [0.25, 0.3) is 5.91 Å². The fourth-order valence-corrected chi connectivity index (χ4v) is 2.25. The molecule has 0 aromatic heterocycles. The molecule has 21 heavy (non-hydrogen) atoms. The van der Waals surface area contributed by atoms with E-state index in [4.69, 9.17) is 0 Å². The van der Waals surface area contributed by atoms with E-state index in [1.54, 1.807) is 23.1 Å². The molecule has 0 aliphatic heterocycles. The van der Waals surface area contributed by atoms with Crippen LogP contribution in [-0.2, 0) is 4.79 Å². The minimum Gasteiger partial charge on any atom is -0.339 e. The van der Waals surface area contributed by atoms with E-state index in [2.05, 4.69) is 12.2 Å². The Morgan fingerprint density at radius 3 is 2.43 bits per heavy atom. The number of carbonyl (C=O) groups is 2. The summed E-state index contributed by atoms with van der Waals surface area (Å²) in [7, 11) is 0. The molecular weight excluding hydrogens is 264 g/mol. The lowest BCUT2D eigenvalue weighted by Crippen LogP contribution is -2.30. The predicted molar refractivity (Wildman–Crippen MR) is 86.4 cm³/mol. The normalized spacial score (nSPS) is 11.8. The first kappa shape index (κ1) is 17.2. The van der Waals surface area contributed by atoms with Gasteiger partial charge in [0, 0.05) is 30.3 Å². The Labute approximate surface area is 127 Å². The van der Waals surface area contributed by atoms with Crippen LogP contribution in [0.1, 0.15) is 50.9 Å². The van der Waals surface area contributed by atoms with Crippen LogP contribution in [0.2, 0.25) is 0 Å². The monoisotopic (exact) mass is 290 g/mol. The van der Waals surface area contributed by atoms with Crippen LogP contribution in [0.25, 0.3) is 0 Å². The molecule has 116 valence electrons. The van der Waals surface area contributed by atoms with E-state index in [0.29, 0.717) is 24.3 Å². The average Bonchev–Trinajstić information content (AvgIpc) is 2.48. The maximum Gasteiger partial charge on any atom is 0.253 e. The minimum atomic E-state index is -0.0165. The van der Waals surface area contributed by atoms with Crippen LogP contribution in [0.5, 0.6) is 0 Å². The number of nitrogens with one attached hydrogen (secondary N) is 1. The van der Waals surface area contributed by atoms with Gasteiger partial charge in [-0.1, -0.05) is 26.3 Å². The Bertz CT molecular complexity index is 481. The fourth-order valence-electron chi connectivity index (χ4n) is 2.25. The van der Waals surface area contributed by atoms with Crippen molar-refractivity contribution in [1.29, 1.82) is 0 Å². The SMILES string of the molecule is CCCC(C)C(=O)Nc1cccc(C(=O)N(CC)CC)c1. The molecule has 0 saturated heterocycles. The summed E-state index contributed by atoms with van der Waals surface area (Å²) in [4.78, 5) is 26.1. The summed E-state index contributed by atoms with van der Waals surface area (Å²) in [6, 6.07) is 7.15. The topological polar surface area (TPSA) is 49.4 Å². The van der Waals surface area contributed by atoms with Crippen LogP contribution in [0.4, 0.5) is 5.69 Å². The summed E-state index contributed by atoms with van der Waals surface area (Å²) in [5.74, 6) is -0.0147. The van der Waals surface area contributed by atoms with Crippen molar-refractivity contribution in [2.75, 3.05) is 18.4 Å². The van der Waals surface area contributed by atoms with Crippen LogP contribution in [-0.4, -0.2) is 29.8 Å². The lowest BCUT2D eigenvalue weighted by Gasteiger charge is -2.19. The zero-order valence-electron chi connectivity index (χ0n) is 13.5. The number of carbonyl (C=O) groups excluding carboxylic acids is 2. The highest BCUT2D eigenvalue weighted by Crippen LogP contribution is 2.15. The van der Waals surface area contributed by atoms with Crippen LogP contribution >= 0.6 is 0 Å². The molecule has 1 aromatic rings. The highest BCUT2D eigenvalue weighted by Gasteiger charge is 2.15. The van der Waals surface area contributed by atoms with Crippen molar-refractivity contribution in [3.63, 3.8) is 0 Å². The fraction of sp³-hybridized carbons (Fsp3) is 0.529. The van der Waals surface area contributed by atoms with E-state index in [1.165, 1.54) is 0 Å². The Balaban J connectivity index is 2.81. The lowest BCUT2D eigenvalue weighted by molar-refractivity contribution is -0.119. The highest BCUT2D eigenvalue weighted by molar-refractivity contribution is 5.97. The molecule has 0 spiro atoms. The third-order valence-electron chi connectivity index (χ3n) is 3.60. The van der Waals surface area contributed by atoms with Crippen LogP contribution in [0.3, 0.4) is 0 Å². The first-order chi connectivity index (χ1) is 10.0. The standard InChI is InChI=1S/C17H26N2O2/c1-5-9-13(4)16(20)18-15-11-8-10-14(12-15)17(21)19(6-2)7-3/h8,10-13H,5-7,9H2,1-4H3,(H,18,20). The first-order valence-corrected chi connectivity index (χ1v) is 7.73. The van der Waals surface area contributed by atoms with Gasteiger partial charge in [-0.15, -0.1) is 0 Å². The number of benzene rings is 1. The summed E-state index contributed by atoms with van der Waals surface area (Å²) in [5.41, 5.74) is 1.29. The molecule has 1 N–H and O–H groups in total. The van der Waals surface area contributed by atoms with Gasteiger partial charge in [0.1, 0.15) is 0 Å². The average molecular weight is 290 g/mol. The van der Waals surface area contributed by atoms with Crippen molar-refractivity contribution in [1.82, 2.24) is 4.90 Å². The molecule has 0 aliphatic rings. The number of rotatable bonds is 7. The number of anilines is 1. The Morgan fingerprint density at radius 2 is 1.86 bits per heavy atom. The second-order valence-corrected chi connectivity index (χ2v) is 5.24. The van der Waals surface area contributed by atoms with Crippen LogP contribution < -0.4 is 5.32 Å². The van der Waals surface area contributed by atoms with E-state index in [-0.39, 0.29) is 17.7 Å². The van der Waals surface area contributed by atoms with E-state index in [1.807, 2.05) is 26.8 Å². The first-order valence-electron chi connectivity index (χ1n) is 7.73. The molecule has 1 atom stereocenters. The van der Waals surface area contributed by atoms with Gasteiger partial charge >= 0.3 is 0 Å². The summed E-state index contributed by atoms with van der Waals surface area (Å²) in [5, 5.41) is 2.89. The maximum absolute atomic E-state index is 12.3. The zero-order chi connectivity index (χ0) is 15.8. The summed E-state index contributed by atoms with van der Waals surface area (Å²) < 4.78 is 0. The van der Waals surface area contributed by atoms with E-state index < -0.39 is 0 Å². The largest absolute Gasteiger partial charge is 0.339 e. The lowest BCUT2D eigenvalue weighted by atomic mass is 10.1. The van der Waals surface area contributed by atoms with E-state index in [0.717, 1.165) is 12.8 Å².